The van der Waals surface area contributed by atoms with Crippen molar-refractivity contribution in [3.63, 3.8) is 0 Å². The van der Waals surface area contributed by atoms with Gasteiger partial charge in [0.2, 0.25) is 0 Å². The zero-order valence-electron chi connectivity index (χ0n) is 8.71. The minimum atomic E-state index is -2.39. The van der Waals surface area contributed by atoms with Crippen molar-refractivity contribution in [3.05, 3.63) is 0 Å². The molecule has 15 heavy (non-hydrogen) atoms. The van der Waals surface area contributed by atoms with Crippen LogP contribution in [-0.2, 0) is 4.74 Å². The Bertz CT molecular complexity index is 214. The topological polar surface area (TPSA) is 33.6 Å². The summed E-state index contributed by atoms with van der Waals surface area (Å²) >= 11 is 1.67. The molecule has 0 spiro atoms. The number of hydrogen-bond donors (Lipinski definition) is 1. The van der Waals surface area contributed by atoms with E-state index in [1.807, 2.05) is 0 Å². The zero-order valence-corrected chi connectivity index (χ0v) is 9.53. The molecule has 6 heteroatoms. The average Bonchev–Trinajstić information content (AvgIpc) is 2.65. The van der Waals surface area contributed by atoms with Gasteiger partial charge in [-0.25, -0.2) is 8.78 Å². The fourth-order valence-corrected chi connectivity index (χ4v) is 2.24. The maximum atomic E-state index is 11.7. The van der Waals surface area contributed by atoms with Crippen LogP contribution in [0.15, 0.2) is 4.99 Å². The molecule has 1 aliphatic rings. The van der Waals surface area contributed by atoms with Crippen molar-refractivity contribution in [2.45, 2.75) is 25.8 Å². The molecule has 1 unspecified atom stereocenters. The van der Waals surface area contributed by atoms with Crippen molar-refractivity contribution < 1.29 is 13.5 Å². The van der Waals surface area contributed by atoms with Gasteiger partial charge >= 0.3 is 0 Å². The van der Waals surface area contributed by atoms with Gasteiger partial charge in [-0.2, -0.15) is 0 Å². The molecule has 1 N–H and O–H groups in total. The van der Waals surface area contributed by atoms with E-state index < -0.39 is 13.0 Å². The molecule has 0 amide bonds. The van der Waals surface area contributed by atoms with Crippen LogP contribution >= 0.6 is 11.8 Å². The van der Waals surface area contributed by atoms with Crippen molar-refractivity contribution in [3.8, 4) is 0 Å². The highest BCUT2D eigenvalue weighted by Gasteiger charge is 2.17. The fourth-order valence-electron chi connectivity index (χ4n) is 1.13. The molecule has 1 aliphatic heterocycles. The van der Waals surface area contributed by atoms with E-state index in [0.29, 0.717) is 12.6 Å². The standard InChI is InChI=1S/C9H16F2N2OS/c1-2-7-6-15-9(13-7)12-3-4-14-5-8(10)11/h7-8H,2-6H2,1H3,(H,12,13). The van der Waals surface area contributed by atoms with E-state index >= 15 is 0 Å². The highest BCUT2D eigenvalue weighted by atomic mass is 32.2. The minimum absolute atomic E-state index is 0.257. The zero-order chi connectivity index (χ0) is 11.1. The molecule has 0 radical (unpaired) electrons. The molecule has 1 atom stereocenters. The lowest BCUT2D eigenvalue weighted by Crippen LogP contribution is -2.26. The Kier molecular flexibility index (Phi) is 5.93. The molecule has 88 valence electrons. The number of ether oxygens (including phenoxy) is 1. The van der Waals surface area contributed by atoms with Crippen molar-refractivity contribution >= 4 is 16.9 Å². The van der Waals surface area contributed by atoms with Crippen molar-refractivity contribution in [1.82, 2.24) is 5.32 Å². The van der Waals surface area contributed by atoms with Gasteiger partial charge in [0, 0.05) is 11.8 Å². The van der Waals surface area contributed by atoms with Crippen LogP contribution in [0.3, 0.4) is 0 Å². The Balaban J connectivity index is 2.06. The van der Waals surface area contributed by atoms with Crippen LogP contribution < -0.4 is 5.32 Å². The van der Waals surface area contributed by atoms with E-state index in [9.17, 15) is 8.78 Å². The predicted molar refractivity (Wildman–Crippen MR) is 58.8 cm³/mol. The smallest absolute Gasteiger partial charge is 0.261 e. The summed E-state index contributed by atoms with van der Waals surface area (Å²) in [6.45, 7) is 2.32. The number of thioether (sulfide) groups is 1. The molecule has 1 fully saturated rings. The summed E-state index contributed by atoms with van der Waals surface area (Å²) in [7, 11) is 0. The van der Waals surface area contributed by atoms with E-state index in [0.717, 1.165) is 17.3 Å². The first-order valence-corrected chi connectivity index (χ1v) is 6.00. The summed E-state index contributed by atoms with van der Waals surface area (Å²) in [6.07, 6.45) is -1.31. The lowest BCUT2D eigenvalue weighted by molar-refractivity contribution is 0.0207. The van der Waals surface area contributed by atoms with Gasteiger partial charge < -0.3 is 10.1 Å². The normalized spacial score (nSPS) is 23.7. The third kappa shape index (κ3) is 5.32. The Morgan fingerprint density at radius 2 is 2.47 bits per heavy atom. The van der Waals surface area contributed by atoms with Crippen molar-refractivity contribution in [2.75, 3.05) is 25.5 Å². The summed E-state index contributed by atoms with van der Waals surface area (Å²) in [5.41, 5.74) is 0. The second-order valence-electron chi connectivity index (χ2n) is 3.21. The molecule has 1 heterocycles. The second-order valence-corrected chi connectivity index (χ2v) is 4.22. The number of amidine groups is 1. The van der Waals surface area contributed by atoms with Crippen LogP contribution in [0, 0.1) is 0 Å². The van der Waals surface area contributed by atoms with E-state index in [-0.39, 0.29) is 6.61 Å². The molecule has 1 rings (SSSR count). The van der Waals surface area contributed by atoms with Gasteiger partial charge in [-0.05, 0) is 6.42 Å². The Morgan fingerprint density at radius 1 is 1.67 bits per heavy atom. The van der Waals surface area contributed by atoms with Gasteiger partial charge in [0.05, 0.1) is 13.2 Å². The quantitative estimate of drug-likeness (QED) is 0.716. The van der Waals surface area contributed by atoms with Gasteiger partial charge in [-0.1, -0.05) is 18.7 Å². The van der Waals surface area contributed by atoms with Crippen LogP contribution in [0.1, 0.15) is 13.3 Å². The molecule has 0 aromatic heterocycles. The number of hydrogen-bond acceptors (Lipinski definition) is 3. The number of alkyl halides is 2. The predicted octanol–water partition coefficient (Wildman–Crippen LogP) is 1.74. The minimum Gasteiger partial charge on any atom is -0.374 e. The summed E-state index contributed by atoms with van der Waals surface area (Å²) < 4.78 is 28.1. The molecular weight excluding hydrogens is 222 g/mol. The number of aliphatic imine (C=N–C) groups is 1. The highest BCUT2D eigenvalue weighted by molar-refractivity contribution is 8.14. The molecule has 0 bridgehead atoms. The summed E-state index contributed by atoms with van der Waals surface area (Å²) in [5, 5.41) is 4.15. The van der Waals surface area contributed by atoms with Gasteiger partial charge in [0.25, 0.3) is 6.43 Å². The first-order chi connectivity index (χ1) is 7.22. The lowest BCUT2D eigenvalue weighted by Gasteiger charge is -2.05. The third-order valence-corrected chi connectivity index (χ3v) is 3.07. The Morgan fingerprint density at radius 3 is 3.07 bits per heavy atom. The van der Waals surface area contributed by atoms with E-state index in [4.69, 9.17) is 4.74 Å². The van der Waals surface area contributed by atoms with Crippen LogP contribution in [-0.4, -0.2) is 43.1 Å². The molecule has 3 nitrogen and oxygen atoms in total. The Labute approximate surface area is 92.7 Å². The van der Waals surface area contributed by atoms with Crippen molar-refractivity contribution in [1.29, 1.82) is 0 Å². The monoisotopic (exact) mass is 238 g/mol. The van der Waals surface area contributed by atoms with Crippen LogP contribution in [0.25, 0.3) is 0 Å². The number of rotatable bonds is 6. The maximum absolute atomic E-state index is 11.7. The van der Waals surface area contributed by atoms with Gasteiger partial charge in [0.1, 0.15) is 6.61 Å². The van der Waals surface area contributed by atoms with Gasteiger partial charge in [-0.15, -0.1) is 0 Å². The number of halogens is 2. The largest absolute Gasteiger partial charge is 0.374 e. The summed E-state index contributed by atoms with van der Waals surface area (Å²) in [4.78, 5) is 4.22. The van der Waals surface area contributed by atoms with E-state index in [1.54, 1.807) is 11.8 Å². The first kappa shape index (κ1) is 12.7. The van der Waals surface area contributed by atoms with Gasteiger partial charge in [0.15, 0.2) is 5.17 Å². The molecule has 0 aromatic carbocycles. The molecule has 0 aliphatic carbocycles. The van der Waals surface area contributed by atoms with E-state index in [2.05, 4.69) is 17.2 Å². The summed E-state index contributed by atoms with van der Waals surface area (Å²) in [5.74, 6) is 1.03. The summed E-state index contributed by atoms with van der Waals surface area (Å²) in [6, 6.07) is 0.496. The molecule has 0 aromatic rings. The Hall–Kier alpha value is -0.360. The number of nitrogens with zero attached hydrogens (tertiary/aromatic N) is 1. The second kappa shape index (κ2) is 7.00. The fraction of sp³-hybridized carbons (Fsp3) is 0.889. The van der Waals surface area contributed by atoms with Crippen molar-refractivity contribution in [2.24, 2.45) is 4.99 Å². The molecule has 0 saturated carbocycles. The average molecular weight is 238 g/mol. The third-order valence-electron chi connectivity index (χ3n) is 1.98. The first-order valence-electron chi connectivity index (χ1n) is 5.02. The van der Waals surface area contributed by atoms with Crippen LogP contribution in [0.2, 0.25) is 0 Å². The lowest BCUT2D eigenvalue weighted by atomic mass is 10.3. The maximum Gasteiger partial charge on any atom is 0.261 e. The molecule has 1 saturated heterocycles. The van der Waals surface area contributed by atoms with Gasteiger partial charge in [-0.3, -0.25) is 4.99 Å². The number of nitrogens with one attached hydrogen (secondary N) is 1. The highest BCUT2D eigenvalue weighted by Crippen LogP contribution is 2.15. The van der Waals surface area contributed by atoms with Crippen LogP contribution in [0.4, 0.5) is 8.78 Å². The SMILES string of the molecule is CCC1CSC(=NCCOCC(F)F)N1. The van der Waals surface area contributed by atoms with E-state index in [1.165, 1.54) is 0 Å². The van der Waals surface area contributed by atoms with Crippen LogP contribution in [0.5, 0.6) is 0 Å². The molecular formula is C9H16F2N2OS.